The molecule has 0 saturated carbocycles. The third kappa shape index (κ3) is 5.98. The fraction of sp³-hybridized carbons (Fsp3) is 0.333. The minimum Gasteiger partial charge on any atom is -0.481 e. The number of amides is 2. The molecule has 0 aliphatic carbocycles. The van der Waals surface area contributed by atoms with Crippen LogP contribution in [0.2, 0.25) is 0 Å². The predicted molar refractivity (Wildman–Crippen MR) is 78.9 cm³/mol. The number of carbonyl (C=O) groups excluding carboxylic acids is 2. The molecule has 0 heterocycles. The molecule has 1 aromatic carbocycles. The summed E-state index contributed by atoms with van der Waals surface area (Å²) in [5.74, 6) is 0.207. The van der Waals surface area contributed by atoms with Crippen molar-refractivity contribution in [1.29, 1.82) is 0 Å². The van der Waals surface area contributed by atoms with Crippen molar-refractivity contribution in [2.45, 2.75) is 13.0 Å². The quantitative estimate of drug-likeness (QED) is 0.796. The monoisotopic (exact) mass is 346 g/mol. The number of thioether (sulfide) groups is 1. The average Bonchev–Trinajstić information content (AvgIpc) is 2.36. The van der Waals surface area contributed by atoms with Crippen LogP contribution in [0.15, 0.2) is 28.7 Å². The molecule has 0 aromatic heterocycles. The normalized spacial score (nSPS) is 11.5. The molecule has 19 heavy (non-hydrogen) atoms. The highest BCUT2D eigenvalue weighted by atomic mass is 79.9. The van der Waals surface area contributed by atoms with Crippen molar-refractivity contribution in [3.63, 3.8) is 0 Å². The van der Waals surface area contributed by atoms with E-state index in [1.54, 1.807) is 25.3 Å². The minimum absolute atomic E-state index is 0.254. The van der Waals surface area contributed by atoms with E-state index in [4.69, 9.17) is 4.74 Å². The number of nitrogens with one attached hydrogen (secondary N) is 2. The number of benzene rings is 1. The summed E-state index contributed by atoms with van der Waals surface area (Å²) in [6.45, 7) is 1.61. The van der Waals surface area contributed by atoms with Crippen molar-refractivity contribution in [1.82, 2.24) is 10.9 Å². The van der Waals surface area contributed by atoms with Gasteiger partial charge < -0.3 is 4.74 Å². The van der Waals surface area contributed by atoms with Gasteiger partial charge in [0.1, 0.15) is 5.75 Å². The Labute approximate surface area is 124 Å². The minimum atomic E-state index is -0.705. The van der Waals surface area contributed by atoms with E-state index in [9.17, 15) is 9.59 Å². The Bertz CT molecular complexity index is 456. The molecule has 0 aliphatic rings. The highest BCUT2D eigenvalue weighted by Gasteiger charge is 2.15. The van der Waals surface area contributed by atoms with Crippen molar-refractivity contribution in [3.05, 3.63) is 28.7 Å². The Morgan fingerprint density at radius 2 is 2.16 bits per heavy atom. The van der Waals surface area contributed by atoms with E-state index in [1.165, 1.54) is 11.8 Å². The molecule has 0 radical (unpaired) electrons. The fourth-order valence-electron chi connectivity index (χ4n) is 1.20. The Morgan fingerprint density at radius 1 is 1.42 bits per heavy atom. The smallest absolute Gasteiger partial charge is 0.279 e. The Hall–Kier alpha value is -1.21. The van der Waals surface area contributed by atoms with Crippen LogP contribution < -0.4 is 15.6 Å². The summed E-state index contributed by atoms with van der Waals surface area (Å²) in [7, 11) is 0. The van der Waals surface area contributed by atoms with Crippen LogP contribution in [0, 0.1) is 0 Å². The first-order valence-electron chi connectivity index (χ1n) is 5.52. The molecule has 0 unspecified atom stereocenters. The molecule has 0 saturated heterocycles. The SMILES string of the molecule is CSCC(=O)NNC(=O)[C@@H](C)Oc1cccc(Br)c1. The van der Waals surface area contributed by atoms with E-state index in [0.29, 0.717) is 11.5 Å². The lowest BCUT2D eigenvalue weighted by molar-refractivity contribution is -0.131. The van der Waals surface area contributed by atoms with Crippen molar-refractivity contribution < 1.29 is 14.3 Å². The summed E-state index contributed by atoms with van der Waals surface area (Å²) in [6, 6.07) is 7.18. The second kappa shape index (κ2) is 8.06. The first-order chi connectivity index (χ1) is 9.02. The summed E-state index contributed by atoms with van der Waals surface area (Å²) < 4.78 is 6.32. The third-order valence-corrected chi connectivity index (χ3v) is 3.12. The number of hydrazine groups is 1. The highest BCUT2D eigenvalue weighted by Crippen LogP contribution is 2.18. The van der Waals surface area contributed by atoms with E-state index in [-0.39, 0.29) is 5.91 Å². The summed E-state index contributed by atoms with van der Waals surface area (Å²) in [5.41, 5.74) is 4.63. The number of hydrogen-bond acceptors (Lipinski definition) is 4. The molecule has 0 bridgehead atoms. The van der Waals surface area contributed by atoms with Gasteiger partial charge in [0.25, 0.3) is 5.91 Å². The molecule has 7 heteroatoms. The maximum absolute atomic E-state index is 11.7. The standard InChI is InChI=1S/C12H15BrN2O3S/c1-8(12(17)15-14-11(16)7-19-2)18-10-5-3-4-9(13)6-10/h3-6,8H,7H2,1-2H3,(H,14,16)(H,15,17)/t8-/m1/s1. The number of halogens is 1. The molecule has 1 atom stereocenters. The molecule has 0 aliphatic heterocycles. The van der Waals surface area contributed by atoms with Gasteiger partial charge in [-0.15, -0.1) is 0 Å². The molecule has 5 nitrogen and oxygen atoms in total. The number of hydrogen-bond donors (Lipinski definition) is 2. The van der Waals surface area contributed by atoms with Crippen LogP contribution >= 0.6 is 27.7 Å². The topological polar surface area (TPSA) is 67.4 Å². The van der Waals surface area contributed by atoms with Crippen molar-refractivity contribution in [2.24, 2.45) is 0 Å². The van der Waals surface area contributed by atoms with Crippen LogP contribution in [-0.4, -0.2) is 29.9 Å². The summed E-state index contributed by atoms with van der Waals surface area (Å²) in [4.78, 5) is 22.9. The van der Waals surface area contributed by atoms with E-state index >= 15 is 0 Å². The number of ether oxygens (including phenoxy) is 1. The first-order valence-corrected chi connectivity index (χ1v) is 7.71. The summed E-state index contributed by atoms with van der Waals surface area (Å²) in [5, 5.41) is 0. The van der Waals surface area contributed by atoms with Crippen LogP contribution in [0.25, 0.3) is 0 Å². The zero-order valence-corrected chi connectivity index (χ0v) is 13.0. The lowest BCUT2D eigenvalue weighted by Crippen LogP contribution is -2.47. The first kappa shape index (κ1) is 15.8. The van der Waals surface area contributed by atoms with Gasteiger partial charge in [0.15, 0.2) is 6.10 Å². The maximum atomic E-state index is 11.7. The zero-order chi connectivity index (χ0) is 14.3. The molecular formula is C12H15BrN2O3S. The molecule has 104 valence electrons. The van der Waals surface area contributed by atoms with Crippen LogP contribution in [0.4, 0.5) is 0 Å². The van der Waals surface area contributed by atoms with Crippen molar-refractivity contribution >= 4 is 39.5 Å². The van der Waals surface area contributed by atoms with Crippen LogP contribution in [-0.2, 0) is 9.59 Å². The van der Waals surface area contributed by atoms with Gasteiger partial charge in [0, 0.05) is 4.47 Å². The number of carbonyl (C=O) groups is 2. The highest BCUT2D eigenvalue weighted by molar-refractivity contribution is 9.10. The molecule has 0 fully saturated rings. The molecule has 0 spiro atoms. The molecule has 1 rings (SSSR count). The molecule has 2 amide bonds. The number of rotatable bonds is 5. The Kier molecular flexibility index (Phi) is 6.72. The van der Waals surface area contributed by atoms with Gasteiger partial charge in [-0.25, -0.2) is 0 Å². The Morgan fingerprint density at radius 3 is 2.79 bits per heavy atom. The predicted octanol–water partition coefficient (Wildman–Crippen LogP) is 1.73. The third-order valence-electron chi connectivity index (χ3n) is 2.08. The molecular weight excluding hydrogens is 332 g/mol. The maximum Gasteiger partial charge on any atom is 0.279 e. The van der Waals surface area contributed by atoms with E-state index in [2.05, 4.69) is 26.8 Å². The van der Waals surface area contributed by atoms with Gasteiger partial charge >= 0.3 is 0 Å². The van der Waals surface area contributed by atoms with Gasteiger partial charge in [0.05, 0.1) is 5.75 Å². The van der Waals surface area contributed by atoms with Gasteiger partial charge in [-0.05, 0) is 31.4 Å². The van der Waals surface area contributed by atoms with E-state index in [0.717, 1.165) is 4.47 Å². The van der Waals surface area contributed by atoms with Gasteiger partial charge in [-0.2, -0.15) is 11.8 Å². The lowest BCUT2D eigenvalue weighted by atomic mass is 10.3. The molecule has 1 aromatic rings. The van der Waals surface area contributed by atoms with Gasteiger partial charge in [0.2, 0.25) is 5.91 Å². The van der Waals surface area contributed by atoms with E-state index < -0.39 is 12.0 Å². The van der Waals surface area contributed by atoms with Crippen LogP contribution in [0.1, 0.15) is 6.92 Å². The van der Waals surface area contributed by atoms with Crippen molar-refractivity contribution in [3.8, 4) is 5.75 Å². The van der Waals surface area contributed by atoms with Gasteiger partial charge in [-0.1, -0.05) is 22.0 Å². The molecule has 2 N–H and O–H groups in total. The Balaban J connectivity index is 2.42. The van der Waals surface area contributed by atoms with Crippen LogP contribution in [0.3, 0.4) is 0 Å². The second-order valence-electron chi connectivity index (χ2n) is 3.69. The van der Waals surface area contributed by atoms with Crippen molar-refractivity contribution in [2.75, 3.05) is 12.0 Å². The van der Waals surface area contributed by atoms with Gasteiger partial charge in [-0.3, -0.25) is 20.4 Å². The summed E-state index contributed by atoms with van der Waals surface area (Å²) >= 11 is 4.69. The second-order valence-corrected chi connectivity index (χ2v) is 5.47. The fourth-order valence-corrected chi connectivity index (χ4v) is 1.91. The summed E-state index contributed by atoms with van der Waals surface area (Å²) in [6.07, 6.45) is 1.10. The van der Waals surface area contributed by atoms with E-state index in [1.807, 2.05) is 12.1 Å². The average molecular weight is 347 g/mol. The lowest BCUT2D eigenvalue weighted by Gasteiger charge is -2.15. The largest absolute Gasteiger partial charge is 0.481 e. The van der Waals surface area contributed by atoms with Crippen LogP contribution in [0.5, 0.6) is 5.75 Å². The zero-order valence-electron chi connectivity index (χ0n) is 10.6.